The largest absolute Gasteiger partial charge is 0.389 e. The van der Waals surface area contributed by atoms with Crippen molar-refractivity contribution in [1.29, 1.82) is 0 Å². The van der Waals surface area contributed by atoms with Gasteiger partial charge in [-0.05, 0) is 0 Å². The quantitative estimate of drug-likeness (QED) is 0.611. The fraction of sp³-hybridized carbons (Fsp3) is 0.500. The maximum atomic E-state index is 8.92. The van der Waals surface area contributed by atoms with Gasteiger partial charge in [0.2, 0.25) is 0 Å². The first-order valence-corrected chi connectivity index (χ1v) is 0.960. The van der Waals surface area contributed by atoms with E-state index < -0.39 is 0 Å². The van der Waals surface area contributed by atoms with E-state index in [9.17, 15) is 0 Å². The van der Waals surface area contributed by atoms with Crippen LogP contribution in [0, 0.1) is 0 Å². The van der Waals surface area contributed by atoms with Gasteiger partial charge in [0.15, 0.2) is 0 Å². The van der Waals surface area contributed by atoms with Crippen molar-refractivity contribution in [1.82, 2.24) is 0 Å². The van der Waals surface area contributed by atoms with Crippen LogP contribution in [0.1, 0.15) is 0 Å². The second-order valence-electron chi connectivity index (χ2n) is 0.349. The SMILES string of the molecule is O=CCO.[W]. The first-order chi connectivity index (χ1) is 1.91. The Kier molecular flexibility index (Phi) is 15.9. The minimum Gasteiger partial charge on any atom is -0.389 e. The average Bonchev–Trinajstić information content (AvgIpc) is 1.37. The minimum absolute atomic E-state index is 0. The van der Waals surface area contributed by atoms with Crippen LogP contribution in [-0.4, -0.2) is 18.0 Å². The Balaban J connectivity index is 0. The van der Waals surface area contributed by atoms with Crippen molar-refractivity contribution in [3.05, 3.63) is 0 Å². The van der Waals surface area contributed by atoms with Crippen molar-refractivity contribution in [3.63, 3.8) is 0 Å². The molecule has 30 valence electrons. The van der Waals surface area contributed by atoms with Crippen LogP contribution < -0.4 is 0 Å². The average molecular weight is 244 g/mol. The van der Waals surface area contributed by atoms with E-state index in [0.29, 0.717) is 6.29 Å². The molecule has 0 aromatic heterocycles. The van der Waals surface area contributed by atoms with Gasteiger partial charge in [0, 0.05) is 21.1 Å². The van der Waals surface area contributed by atoms with E-state index in [2.05, 4.69) is 0 Å². The number of rotatable bonds is 1. The first-order valence-electron chi connectivity index (χ1n) is 0.960. The van der Waals surface area contributed by atoms with Gasteiger partial charge in [0.1, 0.15) is 6.29 Å². The van der Waals surface area contributed by atoms with Crippen molar-refractivity contribution in [3.8, 4) is 0 Å². The van der Waals surface area contributed by atoms with Crippen LogP contribution in [-0.2, 0) is 25.9 Å². The Labute approximate surface area is 44.4 Å². The minimum atomic E-state index is -0.361. The van der Waals surface area contributed by atoms with Crippen molar-refractivity contribution in [2.24, 2.45) is 0 Å². The number of aliphatic hydroxyl groups excluding tert-OH is 1. The summed E-state index contributed by atoms with van der Waals surface area (Å²) in [5.74, 6) is 0. The molecule has 0 rings (SSSR count). The molecule has 0 aromatic rings. The number of hydrogen-bond acceptors (Lipinski definition) is 2. The second kappa shape index (κ2) is 8.85. The van der Waals surface area contributed by atoms with Crippen LogP contribution in [0.3, 0.4) is 0 Å². The molecule has 0 aliphatic carbocycles. The molecule has 0 unspecified atom stereocenters. The molecule has 0 atom stereocenters. The molecule has 0 amide bonds. The number of aldehydes is 1. The van der Waals surface area contributed by atoms with E-state index in [4.69, 9.17) is 9.90 Å². The summed E-state index contributed by atoms with van der Waals surface area (Å²) in [5, 5.41) is 7.51. The molecule has 0 aliphatic heterocycles. The van der Waals surface area contributed by atoms with Gasteiger partial charge in [0.05, 0.1) is 6.61 Å². The third kappa shape index (κ3) is 13.4. The van der Waals surface area contributed by atoms with Crippen molar-refractivity contribution < 1.29 is 31.0 Å². The van der Waals surface area contributed by atoms with Gasteiger partial charge in [-0.2, -0.15) is 0 Å². The molecular formula is C2H4O2W. The summed E-state index contributed by atoms with van der Waals surface area (Å²) in [5.41, 5.74) is 0. The zero-order valence-corrected chi connectivity index (χ0v) is 5.48. The Hall–Kier alpha value is 0.318. The predicted octanol–water partition coefficient (Wildman–Crippen LogP) is -0.825. The van der Waals surface area contributed by atoms with Crippen molar-refractivity contribution in [2.45, 2.75) is 0 Å². The number of carbonyl (C=O) groups excluding carboxylic acids is 1. The van der Waals surface area contributed by atoms with Crippen LogP contribution in [0.25, 0.3) is 0 Å². The molecule has 0 saturated heterocycles. The third-order valence-corrected chi connectivity index (χ3v) is 0.0745. The molecule has 1 N–H and O–H groups in total. The number of hydrogen-bond donors (Lipinski definition) is 1. The van der Waals surface area contributed by atoms with Gasteiger partial charge in [-0.3, -0.25) is 0 Å². The Morgan fingerprint density at radius 3 is 2.00 bits per heavy atom. The summed E-state index contributed by atoms with van der Waals surface area (Å²) < 4.78 is 0. The maximum Gasteiger partial charge on any atom is 0.145 e. The van der Waals surface area contributed by atoms with Gasteiger partial charge in [-0.25, -0.2) is 0 Å². The molecule has 2 nitrogen and oxygen atoms in total. The van der Waals surface area contributed by atoms with Crippen LogP contribution >= 0.6 is 0 Å². The molecule has 0 aromatic carbocycles. The summed E-state index contributed by atoms with van der Waals surface area (Å²) in [4.78, 5) is 8.92. The molecule has 0 bridgehead atoms. The molecule has 0 fully saturated rings. The molecule has 0 heterocycles. The maximum absolute atomic E-state index is 8.92. The Morgan fingerprint density at radius 1 is 1.80 bits per heavy atom. The summed E-state index contributed by atoms with van der Waals surface area (Å²) in [7, 11) is 0. The van der Waals surface area contributed by atoms with Crippen LogP contribution in [0.5, 0.6) is 0 Å². The molecule has 0 spiro atoms. The van der Waals surface area contributed by atoms with Crippen LogP contribution in [0.15, 0.2) is 0 Å². The first kappa shape index (κ1) is 9.01. The molecular weight excluding hydrogens is 240 g/mol. The summed E-state index contributed by atoms with van der Waals surface area (Å²) >= 11 is 0. The zero-order chi connectivity index (χ0) is 3.41. The monoisotopic (exact) mass is 244 g/mol. The fourth-order valence-electron chi connectivity index (χ4n) is 0. The zero-order valence-electron chi connectivity index (χ0n) is 2.55. The Morgan fingerprint density at radius 2 is 2.00 bits per heavy atom. The van der Waals surface area contributed by atoms with E-state index in [1.54, 1.807) is 0 Å². The number of carbonyl (C=O) groups is 1. The van der Waals surface area contributed by atoms with E-state index in [0.717, 1.165) is 0 Å². The van der Waals surface area contributed by atoms with Crippen molar-refractivity contribution >= 4 is 6.29 Å². The van der Waals surface area contributed by atoms with Gasteiger partial charge < -0.3 is 9.90 Å². The summed E-state index contributed by atoms with van der Waals surface area (Å²) in [6, 6.07) is 0. The van der Waals surface area contributed by atoms with E-state index in [-0.39, 0.29) is 27.7 Å². The standard InChI is InChI=1S/C2H4O2.W/c3-1-2-4;/h1,4H,2H2;. The van der Waals surface area contributed by atoms with Crippen LogP contribution in [0.2, 0.25) is 0 Å². The van der Waals surface area contributed by atoms with E-state index in [1.807, 2.05) is 0 Å². The molecule has 0 aliphatic rings. The third-order valence-electron chi connectivity index (χ3n) is 0.0745. The Bertz CT molecular complexity index is 21.6. The van der Waals surface area contributed by atoms with Gasteiger partial charge >= 0.3 is 0 Å². The second-order valence-corrected chi connectivity index (χ2v) is 0.349. The van der Waals surface area contributed by atoms with Crippen LogP contribution in [0.4, 0.5) is 0 Å². The van der Waals surface area contributed by atoms with Gasteiger partial charge in [-0.15, -0.1) is 0 Å². The summed E-state index contributed by atoms with van der Waals surface area (Å²) in [6.45, 7) is -0.361. The topological polar surface area (TPSA) is 37.3 Å². The molecule has 3 heteroatoms. The predicted molar refractivity (Wildman–Crippen MR) is 13.1 cm³/mol. The van der Waals surface area contributed by atoms with Gasteiger partial charge in [-0.1, -0.05) is 0 Å². The van der Waals surface area contributed by atoms with E-state index >= 15 is 0 Å². The summed E-state index contributed by atoms with van der Waals surface area (Å²) in [6.07, 6.45) is 0.431. The van der Waals surface area contributed by atoms with E-state index in [1.165, 1.54) is 0 Å². The van der Waals surface area contributed by atoms with Crippen molar-refractivity contribution in [2.75, 3.05) is 6.61 Å². The molecule has 0 radical (unpaired) electrons. The molecule has 0 saturated carbocycles. The smallest absolute Gasteiger partial charge is 0.145 e. The normalized spacial score (nSPS) is 5.00. The fourth-order valence-corrected chi connectivity index (χ4v) is 0. The number of aliphatic hydroxyl groups is 1. The molecule has 5 heavy (non-hydrogen) atoms. The van der Waals surface area contributed by atoms with Gasteiger partial charge in [0.25, 0.3) is 0 Å².